The molecule has 2 rings (SSSR count). The van der Waals surface area contributed by atoms with Crippen molar-refractivity contribution in [3.8, 4) is 0 Å². The summed E-state index contributed by atoms with van der Waals surface area (Å²) >= 11 is 0. The van der Waals surface area contributed by atoms with E-state index in [0.29, 0.717) is 0 Å². The topological polar surface area (TPSA) is 26.0 Å². The Hall–Kier alpha value is -1.31. The molecule has 11 heavy (non-hydrogen) atoms. The number of aromatic nitrogens is 1. The molecule has 0 amide bonds. The van der Waals surface area contributed by atoms with Crippen molar-refractivity contribution in [1.82, 2.24) is 4.98 Å². The predicted molar refractivity (Wildman–Crippen MR) is 43.2 cm³/mol. The van der Waals surface area contributed by atoms with Crippen LogP contribution >= 0.6 is 0 Å². The minimum absolute atomic E-state index is 0.734. The first-order valence-corrected chi connectivity index (χ1v) is 3.67. The third-order valence-electron chi connectivity index (χ3n) is 1.62. The largest absolute Gasteiger partial charge is 0.441 e. The Morgan fingerprint density at radius 1 is 1.55 bits per heavy atom. The van der Waals surface area contributed by atoms with E-state index in [0.717, 1.165) is 23.1 Å². The molecular weight excluding hydrogens is 138 g/mol. The van der Waals surface area contributed by atoms with Gasteiger partial charge in [-0.15, -0.1) is 0 Å². The lowest BCUT2D eigenvalue weighted by atomic mass is 10.4. The van der Waals surface area contributed by atoms with E-state index in [2.05, 4.69) is 11.1 Å². The normalized spacial score (nSPS) is 14.6. The maximum Gasteiger partial charge on any atom is 0.192 e. The van der Waals surface area contributed by atoms with Crippen LogP contribution < -0.4 is 10.8 Å². The number of fused-ring (bicyclic) bond motifs is 1. The van der Waals surface area contributed by atoms with Crippen LogP contribution in [0.2, 0.25) is 0 Å². The minimum atomic E-state index is 0.734. The van der Waals surface area contributed by atoms with Gasteiger partial charge in [0.25, 0.3) is 0 Å². The second kappa shape index (κ2) is 2.38. The molecule has 0 saturated carbocycles. The number of oxazole rings is 1. The zero-order valence-corrected chi connectivity index (χ0v) is 6.37. The van der Waals surface area contributed by atoms with Gasteiger partial charge in [-0.1, -0.05) is 12.2 Å². The van der Waals surface area contributed by atoms with Crippen molar-refractivity contribution in [1.29, 1.82) is 0 Å². The quantitative estimate of drug-likeness (QED) is 0.534. The number of hydrogen-bond acceptors (Lipinski definition) is 2. The first-order chi connectivity index (χ1) is 5.36. The van der Waals surface area contributed by atoms with Crippen LogP contribution in [-0.4, -0.2) is 4.98 Å². The number of aryl methyl sites for hydroxylation is 1. The molecule has 1 aromatic heterocycles. The second-order valence-electron chi connectivity index (χ2n) is 2.52. The van der Waals surface area contributed by atoms with Crippen molar-refractivity contribution in [3.05, 3.63) is 28.8 Å². The Morgan fingerprint density at radius 2 is 2.45 bits per heavy atom. The van der Waals surface area contributed by atoms with Gasteiger partial charge < -0.3 is 4.42 Å². The van der Waals surface area contributed by atoms with Gasteiger partial charge in [0.05, 0.1) is 0 Å². The summed E-state index contributed by atoms with van der Waals surface area (Å²) in [6.45, 7) is 1.86. The van der Waals surface area contributed by atoms with Crippen LogP contribution in [0.5, 0.6) is 0 Å². The number of hydrogen-bond donors (Lipinski definition) is 0. The molecule has 2 nitrogen and oxygen atoms in total. The fourth-order valence-corrected chi connectivity index (χ4v) is 1.14. The summed E-state index contributed by atoms with van der Waals surface area (Å²) in [5, 5.41) is 0.941. The second-order valence-corrected chi connectivity index (χ2v) is 2.52. The highest BCUT2D eigenvalue weighted by atomic mass is 16.3. The molecule has 0 bridgehead atoms. The first-order valence-electron chi connectivity index (χ1n) is 3.67. The summed E-state index contributed by atoms with van der Waals surface area (Å²) in [6.07, 6.45) is 9.01. The van der Waals surface area contributed by atoms with Gasteiger partial charge in [-0.2, -0.15) is 0 Å². The molecule has 2 heteroatoms. The van der Waals surface area contributed by atoms with Gasteiger partial charge in [0.2, 0.25) is 0 Å². The smallest absolute Gasteiger partial charge is 0.192 e. The lowest BCUT2D eigenvalue weighted by Gasteiger charge is -1.75. The van der Waals surface area contributed by atoms with Crippen LogP contribution in [-0.2, 0) is 0 Å². The van der Waals surface area contributed by atoms with Gasteiger partial charge in [-0.3, -0.25) is 0 Å². The minimum Gasteiger partial charge on any atom is -0.441 e. The maximum absolute atomic E-state index is 5.35. The average Bonchev–Trinajstić information content (AvgIpc) is 2.17. The summed E-state index contributed by atoms with van der Waals surface area (Å²) in [6, 6.07) is 0. The van der Waals surface area contributed by atoms with Crippen LogP contribution in [0.1, 0.15) is 12.3 Å². The van der Waals surface area contributed by atoms with Gasteiger partial charge in [0, 0.05) is 6.92 Å². The van der Waals surface area contributed by atoms with Crippen molar-refractivity contribution in [2.75, 3.05) is 0 Å². The number of allylic oxidation sites excluding steroid dienone is 2. The SMILES string of the molecule is Cc1nc2c(o1)=CCC=CC=2. The van der Waals surface area contributed by atoms with E-state index >= 15 is 0 Å². The van der Waals surface area contributed by atoms with E-state index in [4.69, 9.17) is 4.42 Å². The Bertz CT molecular complexity index is 398. The molecule has 0 aliphatic heterocycles. The third kappa shape index (κ3) is 1.11. The monoisotopic (exact) mass is 147 g/mol. The van der Waals surface area contributed by atoms with E-state index in [1.54, 1.807) is 0 Å². The predicted octanol–water partition coefficient (Wildman–Crippen LogP) is 0.504. The lowest BCUT2D eigenvalue weighted by Crippen LogP contribution is -2.20. The summed E-state index contributed by atoms with van der Waals surface area (Å²) in [5.41, 5.74) is 0.896. The molecule has 0 spiro atoms. The highest BCUT2D eigenvalue weighted by Crippen LogP contribution is 1.89. The molecule has 0 saturated heterocycles. The molecule has 0 unspecified atom stereocenters. The number of nitrogens with zero attached hydrogens (tertiary/aromatic N) is 1. The molecule has 0 atom stereocenters. The maximum atomic E-state index is 5.35. The summed E-state index contributed by atoms with van der Waals surface area (Å²) < 4.78 is 5.35. The van der Waals surface area contributed by atoms with Crippen LogP contribution in [0.15, 0.2) is 16.6 Å². The Balaban J connectivity index is 2.79. The van der Waals surface area contributed by atoms with Crippen LogP contribution in [0.25, 0.3) is 12.2 Å². The lowest BCUT2D eigenvalue weighted by molar-refractivity contribution is 0.491. The zero-order chi connectivity index (χ0) is 7.68. The van der Waals surface area contributed by atoms with Crippen LogP contribution in [0, 0.1) is 6.92 Å². The Labute approximate surface area is 64.6 Å². The summed E-state index contributed by atoms with van der Waals surface area (Å²) in [7, 11) is 0. The molecular formula is C9H9NO. The fraction of sp³-hybridized carbons (Fsp3) is 0.222. The number of rotatable bonds is 0. The van der Waals surface area contributed by atoms with E-state index in [1.165, 1.54) is 0 Å². The fourth-order valence-electron chi connectivity index (χ4n) is 1.14. The van der Waals surface area contributed by atoms with Crippen LogP contribution in [0.3, 0.4) is 0 Å². The van der Waals surface area contributed by atoms with Gasteiger partial charge in [-0.25, -0.2) is 4.98 Å². The van der Waals surface area contributed by atoms with Crippen molar-refractivity contribution in [2.45, 2.75) is 13.3 Å². The van der Waals surface area contributed by atoms with Crippen LogP contribution in [0.4, 0.5) is 0 Å². The van der Waals surface area contributed by atoms with E-state index in [-0.39, 0.29) is 0 Å². The highest BCUT2D eigenvalue weighted by Gasteiger charge is 1.95. The van der Waals surface area contributed by atoms with E-state index < -0.39 is 0 Å². The molecule has 1 heterocycles. The Morgan fingerprint density at radius 3 is 3.36 bits per heavy atom. The molecule has 0 fully saturated rings. The van der Waals surface area contributed by atoms with Gasteiger partial charge >= 0.3 is 0 Å². The molecule has 56 valence electrons. The standard InChI is InChI=1S/C9H9NO/c1-7-10-8-5-3-2-4-6-9(8)11-7/h2-3,5-6H,4H2,1H3. The first kappa shape index (κ1) is 6.40. The van der Waals surface area contributed by atoms with Gasteiger partial charge in [0.15, 0.2) is 11.3 Å². The summed E-state index contributed by atoms with van der Waals surface area (Å²) in [4.78, 5) is 4.21. The zero-order valence-electron chi connectivity index (χ0n) is 6.37. The van der Waals surface area contributed by atoms with Gasteiger partial charge in [0.1, 0.15) is 5.35 Å². The molecule has 0 radical (unpaired) electrons. The van der Waals surface area contributed by atoms with Gasteiger partial charge in [-0.05, 0) is 18.6 Å². The molecule has 1 aliphatic carbocycles. The van der Waals surface area contributed by atoms with Crippen molar-refractivity contribution in [3.63, 3.8) is 0 Å². The molecule has 1 aliphatic rings. The molecule has 0 aromatic carbocycles. The van der Waals surface area contributed by atoms with E-state index in [9.17, 15) is 0 Å². The molecule has 0 N–H and O–H groups in total. The average molecular weight is 147 g/mol. The highest BCUT2D eigenvalue weighted by molar-refractivity contribution is 5.40. The Kier molecular flexibility index (Phi) is 1.39. The summed E-state index contributed by atoms with van der Waals surface area (Å²) in [5.74, 6) is 0.734. The van der Waals surface area contributed by atoms with Crippen molar-refractivity contribution < 1.29 is 4.42 Å². The van der Waals surface area contributed by atoms with Crippen molar-refractivity contribution >= 4 is 12.2 Å². The third-order valence-corrected chi connectivity index (χ3v) is 1.62. The van der Waals surface area contributed by atoms with E-state index in [1.807, 2.05) is 25.2 Å². The molecule has 1 aromatic rings. The van der Waals surface area contributed by atoms with Crippen molar-refractivity contribution in [2.24, 2.45) is 0 Å².